The molecule has 1 aliphatic rings. The number of anilines is 4. The second kappa shape index (κ2) is 14.3. The summed E-state index contributed by atoms with van der Waals surface area (Å²) in [5, 5.41) is 7.85. The maximum Gasteiger partial charge on any atom is 0.416 e. The van der Waals surface area contributed by atoms with Crippen molar-refractivity contribution in [2.45, 2.75) is 46.0 Å². The molecule has 15 heteroatoms. The Balaban J connectivity index is 1.44. The van der Waals surface area contributed by atoms with Gasteiger partial charge in [0.1, 0.15) is 23.6 Å². The summed E-state index contributed by atoms with van der Waals surface area (Å²) in [5.74, 6) is -0.445. The number of piperazine rings is 1. The Morgan fingerprint density at radius 1 is 0.936 bits per heavy atom. The van der Waals surface area contributed by atoms with Crippen LogP contribution >= 0.6 is 0 Å². The van der Waals surface area contributed by atoms with Crippen molar-refractivity contribution in [1.29, 1.82) is 0 Å². The fourth-order valence-electron chi connectivity index (χ4n) is 4.71. The largest absolute Gasteiger partial charge is 0.444 e. The van der Waals surface area contributed by atoms with Crippen molar-refractivity contribution in [1.82, 2.24) is 19.8 Å². The summed E-state index contributed by atoms with van der Waals surface area (Å²) in [5.41, 5.74) is -0.336. The smallest absolute Gasteiger partial charge is 0.416 e. The van der Waals surface area contributed by atoms with Gasteiger partial charge in [0.15, 0.2) is 0 Å². The number of benzene rings is 2. The van der Waals surface area contributed by atoms with Gasteiger partial charge in [-0.1, -0.05) is 12.1 Å². The Morgan fingerprint density at radius 2 is 1.64 bits per heavy atom. The molecule has 1 saturated heterocycles. The predicted molar refractivity (Wildman–Crippen MR) is 173 cm³/mol. The first-order valence-electron chi connectivity index (χ1n) is 14.9. The molecule has 0 radical (unpaired) electrons. The van der Waals surface area contributed by atoms with Crippen LogP contribution in [0.2, 0.25) is 0 Å². The minimum absolute atomic E-state index is 0.111. The third-order valence-electron chi connectivity index (χ3n) is 7.33. The highest BCUT2D eigenvalue weighted by molar-refractivity contribution is 6.06. The number of carbonyl (C=O) groups is 3. The summed E-state index contributed by atoms with van der Waals surface area (Å²) < 4.78 is 47.4. The number of alkyl halides is 3. The van der Waals surface area contributed by atoms with Gasteiger partial charge in [0.2, 0.25) is 0 Å². The molecule has 4 rings (SSSR count). The van der Waals surface area contributed by atoms with E-state index in [-0.39, 0.29) is 35.0 Å². The van der Waals surface area contributed by atoms with E-state index < -0.39 is 35.4 Å². The second-order valence-corrected chi connectivity index (χ2v) is 12.3. The lowest BCUT2D eigenvalue weighted by Gasteiger charge is -2.33. The summed E-state index contributed by atoms with van der Waals surface area (Å²) in [4.78, 5) is 51.6. The van der Waals surface area contributed by atoms with Crippen LogP contribution in [0.5, 0.6) is 0 Å². The molecule has 47 heavy (non-hydrogen) atoms. The van der Waals surface area contributed by atoms with Crippen LogP contribution in [0.25, 0.3) is 0 Å². The zero-order valence-electron chi connectivity index (χ0n) is 27.2. The molecule has 0 spiro atoms. The van der Waals surface area contributed by atoms with Gasteiger partial charge in [-0.05, 0) is 70.1 Å². The van der Waals surface area contributed by atoms with Crippen molar-refractivity contribution >= 4 is 41.0 Å². The first-order chi connectivity index (χ1) is 22.0. The molecule has 0 saturated carbocycles. The second-order valence-electron chi connectivity index (χ2n) is 12.3. The molecule has 2 heterocycles. The number of aromatic nitrogens is 2. The van der Waals surface area contributed by atoms with E-state index in [4.69, 9.17) is 4.74 Å². The third-order valence-corrected chi connectivity index (χ3v) is 7.33. The summed E-state index contributed by atoms with van der Waals surface area (Å²) >= 11 is 0. The van der Waals surface area contributed by atoms with Crippen LogP contribution in [-0.4, -0.2) is 83.7 Å². The number of likely N-dealkylation sites (N-methyl/N-ethyl adjacent to an activating group) is 1. The molecule has 252 valence electrons. The highest BCUT2D eigenvalue weighted by Gasteiger charge is 2.34. The number of hydrogen-bond acceptors (Lipinski definition) is 8. The molecule has 0 unspecified atom stereocenters. The number of nitrogens with zero attached hydrogens (tertiary/aromatic N) is 5. The normalized spacial score (nSPS) is 14.3. The summed E-state index contributed by atoms with van der Waals surface area (Å²) in [6.45, 7) is 9.88. The van der Waals surface area contributed by atoms with Gasteiger partial charge in [-0.2, -0.15) is 13.2 Å². The van der Waals surface area contributed by atoms with Crippen LogP contribution in [0.15, 0.2) is 48.8 Å². The van der Waals surface area contributed by atoms with E-state index in [1.807, 2.05) is 11.9 Å². The number of amides is 4. The Bertz CT molecular complexity index is 1620. The first-order valence-corrected chi connectivity index (χ1v) is 14.9. The van der Waals surface area contributed by atoms with Gasteiger partial charge >= 0.3 is 18.3 Å². The quantitative estimate of drug-likeness (QED) is 0.290. The topological polar surface area (TPSA) is 132 Å². The van der Waals surface area contributed by atoms with Crippen LogP contribution in [0, 0.1) is 6.92 Å². The number of carbonyl (C=O) groups excluding carboxylic acids is 3. The zero-order chi connectivity index (χ0) is 34.5. The fourth-order valence-corrected chi connectivity index (χ4v) is 4.71. The van der Waals surface area contributed by atoms with Gasteiger partial charge in [-0.25, -0.2) is 19.6 Å². The SMILES string of the molecule is Cc1ccc(NC(=O)c2ccc(CN3CCN(C)CC3)c(C(F)(F)F)c2)cc1NC(=O)N(C)c1cc(NC(=O)OC(C)(C)C)ncn1. The third kappa shape index (κ3) is 9.86. The minimum atomic E-state index is -4.64. The van der Waals surface area contributed by atoms with E-state index in [1.54, 1.807) is 39.8 Å². The molecule has 4 amide bonds. The Kier molecular flexibility index (Phi) is 10.7. The van der Waals surface area contributed by atoms with E-state index in [2.05, 4.69) is 30.8 Å². The van der Waals surface area contributed by atoms with Crippen LogP contribution in [0.4, 0.5) is 45.8 Å². The average Bonchev–Trinajstić information content (AvgIpc) is 2.98. The number of nitrogens with one attached hydrogen (secondary N) is 3. The molecule has 0 bridgehead atoms. The van der Waals surface area contributed by atoms with Crippen LogP contribution < -0.4 is 20.9 Å². The van der Waals surface area contributed by atoms with Gasteiger partial charge in [-0.15, -0.1) is 0 Å². The first kappa shape index (κ1) is 35.1. The number of rotatable bonds is 7. The van der Waals surface area contributed by atoms with E-state index in [1.165, 1.54) is 42.5 Å². The highest BCUT2D eigenvalue weighted by atomic mass is 19.4. The Morgan fingerprint density at radius 3 is 2.30 bits per heavy atom. The molecule has 0 atom stereocenters. The molecule has 1 aliphatic heterocycles. The Hall–Kier alpha value is -4.76. The fraction of sp³-hybridized carbons (Fsp3) is 0.406. The predicted octanol–water partition coefficient (Wildman–Crippen LogP) is 5.82. The van der Waals surface area contributed by atoms with Crippen LogP contribution in [-0.2, 0) is 17.5 Å². The van der Waals surface area contributed by atoms with Crippen LogP contribution in [0.1, 0.15) is 47.8 Å². The molecule has 3 N–H and O–H groups in total. The van der Waals surface area contributed by atoms with Crippen molar-refractivity contribution in [2.75, 3.05) is 61.1 Å². The van der Waals surface area contributed by atoms with Gasteiger partial charge in [-0.3, -0.25) is 19.9 Å². The molecular formula is C32H39F3N8O4. The number of ether oxygens (including phenoxy) is 1. The van der Waals surface area contributed by atoms with E-state index in [0.29, 0.717) is 24.3 Å². The van der Waals surface area contributed by atoms with Crippen molar-refractivity contribution in [3.05, 3.63) is 71.0 Å². The van der Waals surface area contributed by atoms with Gasteiger partial charge in [0.05, 0.1) is 5.56 Å². The van der Waals surface area contributed by atoms with E-state index >= 15 is 0 Å². The van der Waals surface area contributed by atoms with Crippen molar-refractivity contribution in [3.63, 3.8) is 0 Å². The standard InChI is InChI=1S/C32H39F3N8O4/c1-20-7-10-23(16-25(20)39-29(45)42(6)27-17-26(36-19-37-27)40-30(46)47-31(2,3)4)38-28(44)21-8-9-22(24(15-21)32(33,34)35)18-43-13-11-41(5)12-14-43/h7-10,15-17,19H,11-14,18H2,1-6H3,(H,38,44)(H,39,45)(H,36,37,40,46). The molecule has 1 aromatic heterocycles. The maximum atomic E-state index is 14.0. The molecule has 1 fully saturated rings. The Labute approximate surface area is 271 Å². The number of urea groups is 1. The lowest BCUT2D eigenvalue weighted by molar-refractivity contribution is -0.138. The van der Waals surface area contributed by atoms with Crippen LogP contribution in [0.3, 0.4) is 0 Å². The number of aryl methyl sites for hydroxylation is 1. The van der Waals surface area contributed by atoms with Crippen molar-refractivity contribution in [3.8, 4) is 0 Å². The van der Waals surface area contributed by atoms with Crippen molar-refractivity contribution < 1.29 is 32.3 Å². The van der Waals surface area contributed by atoms with Gasteiger partial charge < -0.3 is 20.3 Å². The summed E-state index contributed by atoms with van der Waals surface area (Å²) in [7, 11) is 3.43. The summed E-state index contributed by atoms with van der Waals surface area (Å²) in [6, 6.07) is 9.14. The summed E-state index contributed by atoms with van der Waals surface area (Å²) in [6.07, 6.45) is -4.18. The molecule has 12 nitrogen and oxygen atoms in total. The van der Waals surface area contributed by atoms with Gasteiger partial charge in [0, 0.05) is 62.8 Å². The minimum Gasteiger partial charge on any atom is -0.444 e. The van der Waals surface area contributed by atoms with Gasteiger partial charge in [0.25, 0.3) is 5.91 Å². The maximum absolute atomic E-state index is 14.0. The van der Waals surface area contributed by atoms with E-state index in [9.17, 15) is 27.6 Å². The lowest BCUT2D eigenvalue weighted by atomic mass is 10.0. The van der Waals surface area contributed by atoms with Crippen molar-refractivity contribution in [2.24, 2.45) is 0 Å². The monoisotopic (exact) mass is 656 g/mol. The lowest BCUT2D eigenvalue weighted by Crippen LogP contribution is -2.44. The zero-order valence-corrected chi connectivity index (χ0v) is 27.2. The molecular weight excluding hydrogens is 617 g/mol. The highest BCUT2D eigenvalue weighted by Crippen LogP contribution is 2.34. The molecule has 3 aromatic rings. The number of halogens is 3. The average molecular weight is 657 g/mol. The molecule has 2 aromatic carbocycles. The molecule has 0 aliphatic carbocycles. The number of hydrogen-bond donors (Lipinski definition) is 3. The van der Waals surface area contributed by atoms with E-state index in [0.717, 1.165) is 19.2 Å².